The average Bonchev–Trinajstić information content (AvgIpc) is 3.20. The van der Waals surface area contributed by atoms with Crippen LogP contribution in [0.2, 0.25) is 0 Å². The van der Waals surface area contributed by atoms with Crippen molar-refractivity contribution in [3.63, 3.8) is 0 Å². The van der Waals surface area contributed by atoms with Crippen LogP contribution in [0.15, 0.2) is 48.5 Å². The van der Waals surface area contributed by atoms with E-state index in [-0.39, 0.29) is 71.1 Å². The summed E-state index contributed by atoms with van der Waals surface area (Å²) in [5.41, 5.74) is -0.109. The zero-order chi connectivity index (χ0) is 40.9. The number of esters is 2. The molecule has 2 rings (SSSR count). The smallest absolute Gasteiger partial charge is 0.545 e. The maximum absolute atomic E-state index is 12.0. The van der Waals surface area contributed by atoms with Gasteiger partial charge in [-0.25, -0.2) is 9.59 Å². The van der Waals surface area contributed by atoms with E-state index in [0.717, 1.165) is 38.5 Å². The molecule has 0 aromatic heterocycles. The standard InChI is InChI=1S/2C24H38O4.Ba/c2*1-2-3-4-5-6-7-8-9-10-11-12-13-14-17-20-28-24(27)22-19-16-15-18-21(22)23(25)26;/h2*15-16,18-19H,2-14,17,20H2,1H3,(H,25,26);/q;;+2/p-2. The fourth-order valence-electron chi connectivity index (χ4n) is 6.76. The third-order valence-corrected chi connectivity index (χ3v) is 10.2. The van der Waals surface area contributed by atoms with Gasteiger partial charge < -0.3 is 29.3 Å². The molecule has 0 bridgehead atoms. The molecule has 0 saturated heterocycles. The molecular weight excluding hydrogens is 842 g/mol. The molecule has 2 aromatic rings. The van der Waals surface area contributed by atoms with Crippen LogP contribution in [-0.2, 0) is 9.47 Å². The van der Waals surface area contributed by atoms with E-state index in [1.54, 1.807) is 24.3 Å². The summed E-state index contributed by atoms with van der Waals surface area (Å²) in [6, 6.07) is 12.0. The quantitative estimate of drug-likeness (QED) is 0.0385. The van der Waals surface area contributed by atoms with Gasteiger partial charge in [0.2, 0.25) is 0 Å². The van der Waals surface area contributed by atoms with Crippen molar-refractivity contribution in [1.29, 1.82) is 0 Å². The van der Waals surface area contributed by atoms with Gasteiger partial charge in [-0.2, -0.15) is 0 Å². The number of aromatic carboxylic acids is 2. The van der Waals surface area contributed by atoms with Crippen LogP contribution in [0.3, 0.4) is 0 Å². The van der Waals surface area contributed by atoms with Crippen molar-refractivity contribution in [3.05, 3.63) is 70.8 Å². The molecule has 0 saturated carbocycles. The number of hydrogen-bond acceptors (Lipinski definition) is 8. The Bertz CT molecular complexity index is 1210. The van der Waals surface area contributed by atoms with Gasteiger partial charge in [0.05, 0.1) is 36.3 Å². The monoisotopic (exact) mass is 916 g/mol. The van der Waals surface area contributed by atoms with Gasteiger partial charge in [-0.15, -0.1) is 0 Å². The molecule has 0 amide bonds. The summed E-state index contributed by atoms with van der Waals surface area (Å²) in [5.74, 6) is -3.89. The van der Waals surface area contributed by atoms with Crippen molar-refractivity contribution < 1.29 is 38.9 Å². The second-order valence-corrected chi connectivity index (χ2v) is 15.1. The summed E-state index contributed by atoms with van der Waals surface area (Å²) in [6.07, 6.45) is 35.7. The van der Waals surface area contributed by atoms with Crippen LogP contribution in [0, 0.1) is 0 Å². The molecule has 0 unspecified atom stereocenters. The molecule has 0 fully saturated rings. The summed E-state index contributed by atoms with van der Waals surface area (Å²) in [5, 5.41) is 22.0. The van der Waals surface area contributed by atoms with Crippen molar-refractivity contribution >= 4 is 72.8 Å². The molecule has 0 heterocycles. The first-order valence-corrected chi connectivity index (χ1v) is 22.3. The maximum Gasteiger partial charge on any atom is 2.00 e. The normalized spacial score (nSPS) is 10.6. The van der Waals surface area contributed by atoms with Gasteiger partial charge in [0.25, 0.3) is 0 Å². The Kier molecular flexibility index (Phi) is 37.9. The van der Waals surface area contributed by atoms with Gasteiger partial charge in [0.1, 0.15) is 0 Å². The Balaban J connectivity index is 0.00000108. The van der Waals surface area contributed by atoms with Gasteiger partial charge in [-0.05, 0) is 25.0 Å². The summed E-state index contributed by atoms with van der Waals surface area (Å²) in [7, 11) is 0. The second kappa shape index (κ2) is 39.4. The third-order valence-electron chi connectivity index (χ3n) is 10.2. The van der Waals surface area contributed by atoms with E-state index in [9.17, 15) is 29.4 Å². The first-order valence-electron chi connectivity index (χ1n) is 22.3. The predicted octanol–water partition coefficient (Wildman–Crippen LogP) is 11.0. The Labute approximate surface area is 386 Å². The third kappa shape index (κ3) is 29.7. The number of rotatable bonds is 34. The van der Waals surface area contributed by atoms with Gasteiger partial charge >= 0.3 is 60.8 Å². The number of carboxylic acids is 2. The number of carbonyl (C=O) groups is 4. The molecule has 8 nitrogen and oxygen atoms in total. The van der Waals surface area contributed by atoms with Gasteiger partial charge in [0, 0.05) is 11.1 Å². The number of carbonyl (C=O) groups excluding carboxylic acids is 4. The minimum atomic E-state index is -1.36. The number of ether oxygens (including phenoxy) is 2. The Morgan fingerprint density at radius 1 is 0.368 bits per heavy atom. The first kappa shape index (κ1) is 54.9. The summed E-state index contributed by atoms with van der Waals surface area (Å²) in [4.78, 5) is 46.0. The minimum Gasteiger partial charge on any atom is -0.545 e. The minimum absolute atomic E-state index is 0. The number of carboxylic acid groups (broad SMARTS) is 2. The summed E-state index contributed by atoms with van der Waals surface area (Å²) in [6.45, 7) is 5.18. The van der Waals surface area contributed by atoms with Crippen molar-refractivity contribution in [3.8, 4) is 0 Å². The molecule has 0 N–H and O–H groups in total. The molecule has 9 heteroatoms. The van der Waals surface area contributed by atoms with Gasteiger partial charge in [-0.3, -0.25) is 0 Å². The molecule has 0 spiro atoms. The second-order valence-electron chi connectivity index (χ2n) is 15.1. The topological polar surface area (TPSA) is 133 Å². The number of hydrogen-bond donors (Lipinski definition) is 0. The van der Waals surface area contributed by atoms with Crippen LogP contribution in [0.25, 0.3) is 0 Å². The van der Waals surface area contributed by atoms with Crippen LogP contribution in [0.5, 0.6) is 0 Å². The fourth-order valence-corrected chi connectivity index (χ4v) is 6.76. The molecule has 0 radical (unpaired) electrons. The molecule has 2 aromatic carbocycles. The van der Waals surface area contributed by atoms with Crippen LogP contribution in [0.4, 0.5) is 0 Å². The van der Waals surface area contributed by atoms with E-state index in [1.807, 2.05) is 0 Å². The van der Waals surface area contributed by atoms with Crippen LogP contribution in [0.1, 0.15) is 235 Å². The summed E-state index contributed by atoms with van der Waals surface area (Å²) < 4.78 is 10.4. The number of benzene rings is 2. The van der Waals surface area contributed by atoms with Gasteiger partial charge in [0.15, 0.2) is 0 Å². The molecule has 316 valence electrons. The van der Waals surface area contributed by atoms with Crippen LogP contribution < -0.4 is 10.2 Å². The van der Waals surface area contributed by atoms with E-state index in [2.05, 4.69) is 13.8 Å². The molecule has 0 atom stereocenters. The predicted molar refractivity (Wildman–Crippen MR) is 228 cm³/mol. The molecule has 57 heavy (non-hydrogen) atoms. The van der Waals surface area contributed by atoms with E-state index in [1.165, 1.54) is 166 Å². The number of unbranched alkanes of at least 4 members (excludes halogenated alkanes) is 26. The fraction of sp³-hybridized carbons (Fsp3) is 0.667. The molecular formula is C48H74BaO8. The van der Waals surface area contributed by atoms with Crippen LogP contribution in [-0.4, -0.2) is 86.0 Å². The summed E-state index contributed by atoms with van der Waals surface area (Å²) >= 11 is 0. The van der Waals surface area contributed by atoms with Crippen molar-refractivity contribution in [1.82, 2.24) is 0 Å². The Hall–Kier alpha value is -2.11. The van der Waals surface area contributed by atoms with E-state index >= 15 is 0 Å². The van der Waals surface area contributed by atoms with Crippen molar-refractivity contribution in [2.45, 2.75) is 194 Å². The Morgan fingerprint density at radius 3 is 0.807 bits per heavy atom. The van der Waals surface area contributed by atoms with E-state index < -0.39 is 23.9 Å². The molecule has 0 aliphatic rings. The van der Waals surface area contributed by atoms with E-state index in [0.29, 0.717) is 13.2 Å². The molecule has 0 aliphatic heterocycles. The zero-order valence-corrected chi connectivity index (χ0v) is 40.2. The largest absolute Gasteiger partial charge is 2.00 e. The Morgan fingerprint density at radius 2 is 0.579 bits per heavy atom. The van der Waals surface area contributed by atoms with E-state index in [4.69, 9.17) is 9.47 Å². The van der Waals surface area contributed by atoms with Gasteiger partial charge in [-0.1, -0.05) is 217 Å². The van der Waals surface area contributed by atoms with Crippen LogP contribution >= 0.6 is 0 Å². The van der Waals surface area contributed by atoms with Crippen molar-refractivity contribution in [2.75, 3.05) is 13.2 Å². The molecule has 0 aliphatic carbocycles. The first-order chi connectivity index (χ1) is 27.3. The average molecular weight is 916 g/mol. The SMILES string of the molecule is CCCCCCCCCCCCCCCCOC(=O)c1ccccc1C(=O)[O-].CCCCCCCCCCCCCCCCOC(=O)c1ccccc1C(=O)[O-].[Ba+2]. The maximum atomic E-state index is 12.0. The van der Waals surface area contributed by atoms with Crippen molar-refractivity contribution in [2.24, 2.45) is 0 Å². The zero-order valence-electron chi connectivity index (χ0n) is 35.8.